The third-order valence-corrected chi connectivity index (χ3v) is 4.06. The van der Waals surface area contributed by atoms with E-state index in [1.165, 1.54) is 19.1 Å². The van der Waals surface area contributed by atoms with Crippen LogP contribution in [-0.2, 0) is 10.0 Å². The van der Waals surface area contributed by atoms with E-state index in [0.717, 1.165) is 6.07 Å². The van der Waals surface area contributed by atoms with Gasteiger partial charge in [-0.15, -0.1) is 0 Å². The Morgan fingerprint density at radius 1 is 1.47 bits per heavy atom. The number of halogens is 1. The van der Waals surface area contributed by atoms with Gasteiger partial charge >= 0.3 is 0 Å². The number of sulfonamides is 1. The summed E-state index contributed by atoms with van der Waals surface area (Å²) in [5, 5.41) is 18.0. The summed E-state index contributed by atoms with van der Waals surface area (Å²) in [7, 11) is -3.99. The second kappa shape index (κ2) is 6.10. The molecule has 2 atom stereocenters. The van der Waals surface area contributed by atoms with Crippen molar-refractivity contribution in [3.8, 4) is 6.07 Å². The highest BCUT2D eigenvalue weighted by Gasteiger charge is 2.23. The number of aliphatic hydroxyl groups excluding tert-OH is 1. The molecule has 0 heterocycles. The molecule has 5 nitrogen and oxygen atoms in total. The van der Waals surface area contributed by atoms with Crippen molar-refractivity contribution in [3.63, 3.8) is 0 Å². The summed E-state index contributed by atoms with van der Waals surface area (Å²) in [5.41, 5.74) is -0.515. The molecule has 1 rings (SSSR count). The van der Waals surface area contributed by atoms with Crippen molar-refractivity contribution in [2.24, 2.45) is 0 Å². The lowest BCUT2D eigenvalue weighted by molar-refractivity contribution is 0.175. The number of nitrogens with one attached hydrogen (secondary N) is 1. The monoisotopic (exact) mass is 286 g/mol. The average Bonchev–Trinajstić information content (AvgIpc) is 2.26. The summed E-state index contributed by atoms with van der Waals surface area (Å²) < 4.78 is 39.8. The lowest BCUT2D eigenvalue weighted by atomic mass is 10.2. The SMILES string of the molecule is CC(O)CC(C)NS(=O)(=O)c1cccc(F)c1C#N. The number of aliphatic hydroxyl groups is 1. The van der Waals surface area contributed by atoms with Gasteiger partial charge in [-0.3, -0.25) is 0 Å². The van der Waals surface area contributed by atoms with Crippen LogP contribution in [0.1, 0.15) is 25.8 Å². The minimum atomic E-state index is -3.99. The molecule has 104 valence electrons. The zero-order valence-corrected chi connectivity index (χ0v) is 11.4. The van der Waals surface area contributed by atoms with Gasteiger partial charge in [-0.25, -0.2) is 17.5 Å². The normalized spacial score (nSPS) is 14.7. The topological polar surface area (TPSA) is 90.2 Å². The van der Waals surface area contributed by atoms with Gasteiger partial charge in [-0.1, -0.05) is 6.07 Å². The molecule has 0 fully saturated rings. The Bertz CT molecular complexity index is 593. The summed E-state index contributed by atoms with van der Waals surface area (Å²) in [5.74, 6) is -0.881. The van der Waals surface area contributed by atoms with Gasteiger partial charge in [0.15, 0.2) is 0 Å². The quantitative estimate of drug-likeness (QED) is 0.849. The van der Waals surface area contributed by atoms with Crippen LogP contribution in [-0.4, -0.2) is 25.7 Å². The number of nitriles is 1. The fourth-order valence-corrected chi connectivity index (χ4v) is 3.15. The molecule has 0 bridgehead atoms. The largest absolute Gasteiger partial charge is 0.393 e. The zero-order chi connectivity index (χ0) is 14.6. The first kappa shape index (κ1) is 15.6. The standard InChI is InChI=1S/C12H15FN2O3S/c1-8(6-9(2)16)15-19(17,18)12-5-3-4-11(13)10(12)7-14/h3-5,8-9,15-16H,6H2,1-2H3. The van der Waals surface area contributed by atoms with E-state index in [1.807, 2.05) is 0 Å². The number of benzene rings is 1. The molecule has 0 saturated heterocycles. The molecule has 2 N–H and O–H groups in total. The summed E-state index contributed by atoms with van der Waals surface area (Å²) in [4.78, 5) is -0.396. The molecular weight excluding hydrogens is 271 g/mol. The Morgan fingerprint density at radius 3 is 2.63 bits per heavy atom. The smallest absolute Gasteiger partial charge is 0.242 e. The van der Waals surface area contributed by atoms with Crippen LogP contribution >= 0.6 is 0 Å². The van der Waals surface area contributed by atoms with Crippen LogP contribution in [0.15, 0.2) is 23.1 Å². The Hall–Kier alpha value is -1.49. The maximum absolute atomic E-state index is 13.4. The van der Waals surface area contributed by atoms with Crippen LogP contribution in [0.4, 0.5) is 4.39 Å². The van der Waals surface area contributed by atoms with Crippen molar-refractivity contribution in [1.29, 1.82) is 5.26 Å². The van der Waals surface area contributed by atoms with Gasteiger partial charge in [0.2, 0.25) is 10.0 Å². The maximum atomic E-state index is 13.4. The summed E-state index contributed by atoms with van der Waals surface area (Å²) in [6.45, 7) is 3.11. The molecule has 0 aliphatic rings. The van der Waals surface area contributed by atoms with E-state index in [9.17, 15) is 17.9 Å². The van der Waals surface area contributed by atoms with Crippen LogP contribution < -0.4 is 4.72 Å². The van der Waals surface area contributed by atoms with Gasteiger partial charge in [0, 0.05) is 6.04 Å². The van der Waals surface area contributed by atoms with Crippen molar-refractivity contribution < 1.29 is 17.9 Å². The Balaban J connectivity index is 3.09. The summed E-state index contributed by atoms with van der Waals surface area (Å²) in [6.07, 6.45) is -0.447. The lowest BCUT2D eigenvalue weighted by Crippen LogP contribution is -2.35. The number of hydrogen-bond donors (Lipinski definition) is 2. The minimum absolute atomic E-state index is 0.219. The first-order chi connectivity index (χ1) is 8.77. The highest BCUT2D eigenvalue weighted by Crippen LogP contribution is 2.18. The van der Waals surface area contributed by atoms with Crippen molar-refractivity contribution >= 4 is 10.0 Å². The van der Waals surface area contributed by atoms with E-state index in [1.54, 1.807) is 13.0 Å². The molecular formula is C12H15FN2O3S. The molecule has 2 unspecified atom stereocenters. The van der Waals surface area contributed by atoms with Crippen molar-refractivity contribution in [1.82, 2.24) is 4.72 Å². The van der Waals surface area contributed by atoms with Crippen molar-refractivity contribution in [2.45, 2.75) is 37.3 Å². The van der Waals surface area contributed by atoms with E-state index in [0.29, 0.717) is 0 Å². The fraction of sp³-hybridized carbons (Fsp3) is 0.417. The molecule has 0 radical (unpaired) electrons. The van der Waals surface area contributed by atoms with Gasteiger partial charge < -0.3 is 5.11 Å². The number of nitrogens with zero attached hydrogens (tertiary/aromatic N) is 1. The highest BCUT2D eigenvalue weighted by molar-refractivity contribution is 7.89. The van der Waals surface area contributed by atoms with E-state index < -0.39 is 38.4 Å². The first-order valence-corrected chi connectivity index (χ1v) is 7.15. The molecule has 0 spiro atoms. The molecule has 0 amide bonds. The number of hydrogen-bond acceptors (Lipinski definition) is 4. The lowest BCUT2D eigenvalue weighted by Gasteiger charge is -2.16. The molecule has 1 aromatic carbocycles. The van der Waals surface area contributed by atoms with Crippen LogP contribution in [0.3, 0.4) is 0 Å². The molecule has 19 heavy (non-hydrogen) atoms. The third kappa shape index (κ3) is 3.99. The van der Waals surface area contributed by atoms with E-state index in [4.69, 9.17) is 5.26 Å². The molecule has 0 aromatic heterocycles. The Labute approximate surface area is 111 Å². The van der Waals surface area contributed by atoms with Gasteiger partial charge in [0.25, 0.3) is 0 Å². The molecule has 7 heteroatoms. The van der Waals surface area contributed by atoms with E-state index in [2.05, 4.69) is 4.72 Å². The third-order valence-electron chi connectivity index (χ3n) is 2.43. The van der Waals surface area contributed by atoms with E-state index >= 15 is 0 Å². The molecule has 0 saturated carbocycles. The predicted octanol–water partition coefficient (Wildman–Crippen LogP) is 1.14. The van der Waals surface area contributed by atoms with Gasteiger partial charge in [-0.05, 0) is 32.4 Å². The van der Waals surface area contributed by atoms with E-state index in [-0.39, 0.29) is 6.42 Å². The summed E-state index contributed by atoms with van der Waals surface area (Å²) in [6, 6.07) is 4.43. The molecule has 1 aromatic rings. The molecule has 0 aliphatic heterocycles. The average molecular weight is 286 g/mol. The Morgan fingerprint density at radius 2 is 2.11 bits per heavy atom. The predicted molar refractivity (Wildman–Crippen MR) is 67.2 cm³/mol. The van der Waals surface area contributed by atoms with Gasteiger partial charge in [0.1, 0.15) is 22.3 Å². The number of rotatable bonds is 5. The van der Waals surface area contributed by atoms with Crippen LogP contribution in [0.2, 0.25) is 0 Å². The highest BCUT2D eigenvalue weighted by atomic mass is 32.2. The Kier molecular flexibility index (Phi) is 5.00. The second-order valence-corrected chi connectivity index (χ2v) is 6.01. The summed E-state index contributed by atoms with van der Waals surface area (Å²) >= 11 is 0. The van der Waals surface area contributed by atoms with Gasteiger partial charge in [0.05, 0.1) is 6.10 Å². The fourth-order valence-electron chi connectivity index (χ4n) is 1.72. The van der Waals surface area contributed by atoms with Crippen LogP contribution in [0.25, 0.3) is 0 Å². The molecule has 0 aliphatic carbocycles. The second-order valence-electron chi connectivity index (χ2n) is 4.33. The van der Waals surface area contributed by atoms with Crippen LogP contribution in [0, 0.1) is 17.1 Å². The maximum Gasteiger partial charge on any atom is 0.242 e. The first-order valence-electron chi connectivity index (χ1n) is 5.67. The van der Waals surface area contributed by atoms with Crippen molar-refractivity contribution in [2.75, 3.05) is 0 Å². The van der Waals surface area contributed by atoms with Crippen molar-refractivity contribution in [3.05, 3.63) is 29.6 Å². The van der Waals surface area contributed by atoms with Gasteiger partial charge in [-0.2, -0.15) is 5.26 Å². The zero-order valence-electron chi connectivity index (χ0n) is 10.6. The van der Waals surface area contributed by atoms with Crippen LogP contribution in [0.5, 0.6) is 0 Å². The minimum Gasteiger partial charge on any atom is -0.393 e.